The molecule has 3 heteroatoms. The van der Waals surface area contributed by atoms with E-state index in [-0.39, 0.29) is 5.78 Å². The summed E-state index contributed by atoms with van der Waals surface area (Å²) in [5.41, 5.74) is 0. The zero-order chi connectivity index (χ0) is 9.11. The van der Waals surface area contributed by atoms with Gasteiger partial charge in [-0.05, 0) is 6.92 Å². The molecule has 0 saturated carbocycles. The van der Waals surface area contributed by atoms with Crippen LogP contribution in [0.4, 0.5) is 0 Å². The topological polar surface area (TPSA) is 35.5 Å². The van der Waals surface area contributed by atoms with Crippen LogP contribution in [0.3, 0.4) is 0 Å². The minimum absolute atomic E-state index is 0.255. The summed E-state index contributed by atoms with van der Waals surface area (Å²) in [6, 6.07) is 0. The van der Waals surface area contributed by atoms with E-state index < -0.39 is 0 Å². The Kier molecular flexibility index (Phi) is 14.7. The second-order valence-electron chi connectivity index (χ2n) is 2.04. The summed E-state index contributed by atoms with van der Waals surface area (Å²) in [6.45, 7) is 4.81. The van der Waals surface area contributed by atoms with Crippen molar-refractivity contribution in [1.29, 1.82) is 0 Å². The number of ketones is 1. The molecule has 0 fully saturated rings. The molecule has 0 aromatic rings. The molecule has 0 atom stereocenters. The minimum Gasteiger partial charge on any atom is -0.382 e. The molecular weight excluding hydrogens is 144 g/mol. The van der Waals surface area contributed by atoms with Gasteiger partial charge in [-0.15, -0.1) is 0 Å². The van der Waals surface area contributed by atoms with Gasteiger partial charge in [0.05, 0.1) is 13.2 Å². The van der Waals surface area contributed by atoms with Gasteiger partial charge in [0.15, 0.2) is 0 Å². The zero-order valence-electron chi connectivity index (χ0n) is 7.85. The Hall–Kier alpha value is -0.410. The molecule has 0 heterocycles. The summed E-state index contributed by atoms with van der Waals surface area (Å²) in [4.78, 5) is 9.81. The monoisotopic (exact) mass is 162 g/mol. The van der Waals surface area contributed by atoms with Crippen molar-refractivity contribution in [3.05, 3.63) is 0 Å². The van der Waals surface area contributed by atoms with Crippen LogP contribution in [0.15, 0.2) is 0 Å². The molecule has 3 nitrogen and oxygen atoms in total. The maximum Gasteiger partial charge on any atom is 0.129 e. The van der Waals surface area contributed by atoms with Crippen molar-refractivity contribution < 1.29 is 14.3 Å². The van der Waals surface area contributed by atoms with E-state index in [0.29, 0.717) is 19.6 Å². The normalized spacial score (nSPS) is 8.36. The second-order valence-corrected chi connectivity index (χ2v) is 2.04. The van der Waals surface area contributed by atoms with Crippen molar-refractivity contribution in [2.45, 2.75) is 20.3 Å². The lowest BCUT2D eigenvalue weighted by molar-refractivity contribution is -0.116. The predicted molar refractivity (Wildman–Crippen MR) is 44.7 cm³/mol. The zero-order valence-corrected chi connectivity index (χ0v) is 7.85. The summed E-state index contributed by atoms with van der Waals surface area (Å²) in [6.07, 6.45) is 0.667. The van der Waals surface area contributed by atoms with Gasteiger partial charge in [-0.25, -0.2) is 0 Å². The molecule has 68 valence electrons. The summed E-state index contributed by atoms with van der Waals surface area (Å²) >= 11 is 0. The van der Waals surface area contributed by atoms with Gasteiger partial charge in [0.2, 0.25) is 0 Å². The Morgan fingerprint density at radius 2 is 1.45 bits per heavy atom. The number of ether oxygens (including phenoxy) is 2. The smallest absolute Gasteiger partial charge is 0.129 e. The van der Waals surface area contributed by atoms with Gasteiger partial charge >= 0.3 is 0 Å². The molecule has 0 N–H and O–H groups in total. The molecule has 0 radical (unpaired) electrons. The van der Waals surface area contributed by atoms with E-state index in [1.807, 2.05) is 6.92 Å². The molecule has 0 aliphatic rings. The average Bonchev–Trinajstić information content (AvgIpc) is 2.02. The fourth-order valence-electron chi connectivity index (χ4n) is 0.167. The highest BCUT2D eigenvalue weighted by Gasteiger charge is 1.77. The largest absolute Gasteiger partial charge is 0.382 e. The molecule has 0 saturated heterocycles. The van der Waals surface area contributed by atoms with Crippen molar-refractivity contribution in [3.63, 3.8) is 0 Å². The highest BCUT2D eigenvalue weighted by atomic mass is 16.5. The van der Waals surface area contributed by atoms with Gasteiger partial charge in [-0.1, -0.05) is 6.92 Å². The van der Waals surface area contributed by atoms with Crippen LogP contribution in [0.1, 0.15) is 20.3 Å². The van der Waals surface area contributed by atoms with E-state index >= 15 is 0 Å². The first-order valence-electron chi connectivity index (χ1n) is 3.66. The summed E-state index contributed by atoms with van der Waals surface area (Å²) in [5.74, 6) is 0.255. The first-order chi connectivity index (χ1) is 5.18. The van der Waals surface area contributed by atoms with Crippen LogP contribution >= 0.6 is 0 Å². The van der Waals surface area contributed by atoms with Gasteiger partial charge in [0.25, 0.3) is 0 Å². The Labute approximate surface area is 68.7 Å². The Bertz CT molecular complexity index is 77.4. The summed E-state index contributed by atoms with van der Waals surface area (Å²) in [5, 5.41) is 0. The van der Waals surface area contributed by atoms with Crippen LogP contribution in [0, 0.1) is 0 Å². The lowest BCUT2D eigenvalue weighted by atomic mass is 10.4. The standard InChI is InChI=1S/C4H10O2.C4H8O/c1-5-3-4-6-2;1-3-4(2)5/h3-4H2,1-2H3;3H2,1-2H3. The third-order valence-electron chi connectivity index (χ3n) is 0.989. The molecule has 0 bridgehead atoms. The molecule has 0 aliphatic carbocycles. The molecule has 0 aliphatic heterocycles. The third kappa shape index (κ3) is 26.2. The first-order valence-corrected chi connectivity index (χ1v) is 3.66. The fourth-order valence-corrected chi connectivity index (χ4v) is 0.167. The lowest BCUT2D eigenvalue weighted by Gasteiger charge is -1.91. The first kappa shape index (κ1) is 13.2. The van der Waals surface area contributed by atoms with E-state index in [4.69, 9.17) is 0 Å². The average molecular weight is 162 g/mol. The van der Waals surface area contributed by atoms with Crippen LogP contribution in [0.25, 0.3) is 0 Å². The van der Waals surface area contributed by atoms with E-state index in [0.717, 1.165) is 0 Å². The van der Waals surface area contributed by atoms with Crippen molar-refractivity contribution in [2.24, 2.45) is 0 Å². The molecule has 0 aromatic heterocycles. The van der Waals surface area contributed by atoms with Gasteiger partial charge in [0, 0.05) is 20.6 Å². The van der Waals surface area contributed by atoms with Crippen molar-refractivity contribution in [2.75, 3.05) is 27.4 Å². The van der Waals surface area contributed by atoms with Gasteiger partial charge in [0.1, 0.15) is 5.78 Å². The maximum atomic E-state index is 9.81. The van der Waals surface area contributed by atoms with Crippen LogP contribution in [-0.4, -0.2) is 33.2 Å². The molecule has 11 heavy (non-hydrogen) atoms. The highest BCUT2D eigenvalue weighted by Crippen LogP contribution is 1.71. The quantitative estimate of drug-likeness (QED) is 0.584. The van der Waals surface area contributed by atoms with Crippen molar-refractivity contribution >= 4 is 5.78 Å². The van der Waals surface area contributed by atoms with Crippen molar-refractivity contribution in [3.8, 4) is 0 Å². The van der Waals surface area contributed by atoms with E-state index in [2.05, 4.69) is 9.47 Å². The highest BCUT2D eigenvalue weighted by molar-refractivity contribution is 5.74. The van der Waals surface area contributed by atoms with Crippen LogP contribution in [-0.2, 0) is 14.3 Å². The number of methoxy groups -OCH3 is 2. The maximum absolute atomic E-state index is 9.81. The van der Waals surface area contributed by atoms with Gasteiger partial charge < -0.3 is 14.3 Å². The predicted octanol–water partition coefficient (Wildman–Crippen LogP) is 1.26. The number of hydrogen-bond donors (Lipinski definition) is 0. The van der Waals surface area contributed by atoms with Crippen molar-refractivity contribution in [1.82, 2.24) is 0 Å². The number of carbonyl (C=O) groups excluding carboxylic acids is 1. The number of rotatable bonds is 4. The van der Waals surface area contributed by atoms with E-state index in [1.165, 1.54) is 0 Å². The minimum atomic E-state index is 0.255. The number of Topliss-reactive ketones (excluding diaryl/α,β-unsaturated/α-hetero) is 1. The molecule has 0 unspecified atom stereocenters. The van der Waals surface area contributed by atoms with Crippen LogP contribution in [0.5, 0.6) is 0 Å². The Morgan fingerprint density at radius 3 is 1.55 bits per heavy atom. The fraction of sp³-hybridized carbons (Fsp3) is 0.875. The summed E-state index contributed by atoms with van der Waals surface area (Å²) in [7, 11) is 3.30. The SMILES string of the molecule is CCC(C)=O.COCCOC. The second kappa shape index (κ2) is 12.3. The van der Waals surface area contributed by atoms with E-state index in [9.17, 15) is 4.79 Å². The Balaban J connectivity index is 0. The molecular formula is C8H18O3. The van der Waals surface area contributed by atoms with Crippen LogP contribution in [0.2, 0.25) is 0 Å². The summed E-state index contributed by atoms with van der Waals surface area (Å²) < 4.78 is 9.31. The van der Waals surface area contributed by atoms with Gasteiger partial charge in [-0.3, -0.25) is 0 Å². The Morgan fingerprint density at radius 1 is 1.18 bits per heavy atom. The number of hydrogen-bond acceptors (Lipinski definition) is 3. The molecule has 0 spiro atoms. The third-order valence-corrected chi connectivity index (χ3v) is 0.989. The van der Waals surface area contributed by atoms with Crippen LogP contribution < -0.4 is 0 Å². The van der Waals surface area contributed by atoms with Gasteiger partial charge in [-0.2, -0.15) is 0 Å². The number of carbonyl (C=O) groups is 1. The lowest BCUT2D eigenvalue weighted by Crippen LogP contribution is -1.96. The molecule has 0 amide bonds. The van der Waals surface area contributed by atoms with E-state index in [1.54, 1.807) is 21.1 Å². The molecule has 0 aromatic carbocycles. The molecule has 0 rings (SSSR count).